The smallest absolute Gasteiger partial charge is 0.195 e. The van der Waals surface area contributed by atoms with Gasteiger partial charge in [0.05, 0.1) is 6.61 Å². The van der Waals surface area contributed by atoms with Gasteiger partial charge in [-0.2, -0.15) is 0 Å². The summed E-state index contributed by atoms with van der Waals surface area (Å²) in [6.45, 7) is 3.97. The predicted octanol–water partition coefficient (Wildman–Crippen LogP) is 2.08. The standard InChI is InChI=1S/C12H15N3OS/c1-8-4-5-11(10(6-8)7-16)17-12-14-13-9(2)15(12)3/h4-6,16H,7H2,1-3H3. The molecule has 5 heteroatoms. The molecule has 0 aliphatic rings. The molecule has 0 aliphatic heterocycles. The summed E-state index contributed by atoms with van der Waals surface area (Å²) in [5.74, 6) is 0.880. The molecule has 1 aromatic carbocycles. The summed E-state index contributed by atoms with van der Waals surface area (Å²) in [5, 5.41) is 18.3. The van der Waals surface area contributed by atoms with E-state index in [0.29, 0.717) is 0 Å². The Morgan fingerprint density at radius 2 is 2.06 bits per heavy atom. The van der Waals surface area contributed by atoms with Crippen LogP contribution < -0.4 is 0 Å². The van der Waals surface area contributed by atoms with Crippen LogP contribution in [0.25, 0.3) is 0 Å². The lowest BCUT2D eigenvalue weighted by molar-refractivity contribution is 0.279. The van der Waals surface area contributed by atoms with Gasteiger partial charge in [0, 0.05) is 11.9 Å². The van der Waals surface area contributed by atoms with Crippen molar-refractivity contribution in [3.63, 3.8) is 0 Å². The van der Waals surface area contributed by atoms with Gasteiger partial charge < -0.3 is 9.67 Å². The highest BCUT2D eigenvalue weighted by Gasteiger charge is 2.10. The van der Waals surface area contributed by atoms with Crippen LogP contribution in [-0.2, 0) is 13.7 Å². The van der Waals surface area contributed by atoms with Crippen molar-refractivity contribution in [1.82, 2.24) is 14.8 Å². The van der Waals surface area contributed by atoms with Gasteiger partial charge in [-0.1, -0.05) is 17.7 Å². The maximum absolute atomic E-state index is 9.34. The monoisotopic (exact) mass is 249 g/mol. The summed E-state index contributed by atoms with van der Waals surface area (Å²) < 4.78 is 1.94. The Morgan fingerprint density at radius 3 is 2.65 bits per heavy atom. The molecule has 1 heterocycles. The molecule has 4 nitrogen and oxygen atoms in total. The summed E-state index contributed by atoms with van der Waals surface area (Å²) in [6.07, 6.45) is 0. The lowest BCUT2D eigenvalue weighted by Crippen LogP contribution is -1.95. The van der Waals surface area contributed by atoms with Gasteiger partial charge in [0.25, 0.3) is 0 Å². The number of aryl methyl sites for hydroxylation is 2. The van der Waals surface area contributed by atoms with Gasteiger partial charge in [0.2, 0.25) is 0 Å². The highest BCUT2D eigenvalue weighted by Crippen LogP contribution is 2.29. The Balaban J connectivity index is 2.33. The van der Waals surface area contributed by atoms with Gasteiger partial charge in [-0.3, -0.25) is 0 Å². The van der Waals surface area contributed by atoms with E-state index in [1.165, 1.54) is 11.8 Å². The molecule has 0 bridgehead atoms. The summed E-state index contributed by atoms with van der Waals surface area (Å²) in [6, 6.07) is 6.03. The van der Waals surface area contributed by atoms with Crippen molar-refractivity contribution in [2.75, 3.05) is 0 Å². The molecule has 0 atom stereocenters. The zero-order valence-electron chi connectivity index (χ0n) is 10.1. The summed E-state index contributed by atoms with van der Waals surface area (Å²) in [7, 11) is 1.93. The third kappa shape index (κ3) is 2.50. The van der Waals surface area contributed by atoms with E-state index in [0.717, 1.165) is 27.0 Å². The number of aliphatic hydroxyl groups excluding tert-OH is 1. The molecule has 17 heavy (non-hydrogen) atoms. The Hall–Kier alpha value is -1.33. The van der Waals surface area contributed by atoms with Crippen LogP contribution in [0.2, 0.25) is 0 Å². The first-order valence-electron chi connectivity index (χ1n) is 5.36. The molecule has 0 saturated carbocycles. The fourth-order valence-corrected chi connectivity index (χ4v) is 2.44. The summed E-state index contributed by atoms with van der Waals surface area (Å²) >= 11 is 1.52. The predicted molar refractivity (Wildman–Crippen MR) is 67.0 cm³/mol. The van der Waals surface area contributed by atoms with Crippen LogP contribution in [0.15, 0.2) is 28.3 Å². The number of hydrogen-bond donors (Lipinski definition) is 1. The third-order valence-electron chi connectivity index (χ3n) is 2.64. The first-order valence-corrected chi connectivity index (χ1v) is 6.17. The second-order valence-corrected chi connectivity index (χ2v) is 4.97. The van der Waals surface area contributed by atoms with Gasteiger partial charge in [0.1, 0.15) is 5.82 Å². The van der Waals surface area contributed by atoms with E-state index < -0.39 is 0 Å². The molecule has 90 valence electrons. The molecule has 2 rings (SSSR count). The first kappa shape index (κ1) is 12.1. The van der Waals surface area contributed by atoms with Crippen molar-refractivity contribution in [3.8, 4) is 0 Å². The van der Waals surface area contributed by atoms with Crippen molar-refractivity contribution >= 4 is 11.8 Å². The topological polar surface area (TPSA) is 50.9 Å². The minimum Gasteiger partial charge on any atom is -0.392 e. The Kier molecular flexibility index (Phi) is 3.49. The van der Waals surface area contributed by atoms with Crippen LogP contribution in [0.5, 0.6) is 0 Å². The summed E-state index contributed by atoms with van der Waals surface area (Å²) in [5.41, 5.74) is 2.07. The number of rotatable bonds is 3. The number of aromatic nitrogens is 3. The number of benzene rings is 1. The van der Waals surface area contributed by atoms with E-state index in [1.807, 2.05) is 43.7 Å². The van der Waals surface area contributed by atoms with E-state index in [4.69, 9.17) is 0 Å². The van der Waals surface area contributed by atoms with Gasteiger partial charge in [-0.05, 0) is 37.2 Å². The van der Waals surface area contributed by atoms with Crippen LogP contribution in [-0.4, -0.2) is 19.9 Å². The van der Waals surface area contributed by atoms with Gasteiger partial charge >= 0.3 is 0 Å². The van der Waals surface area contributed by atoms with E-state index in [9.17, 15) is 5.11 Å². The fraction of sp³-hybridized carbons (Fsp3) is 0.333. The van der Waals surface area contributed by atoms with E-state index >= 15 is 0 Å². The molecule has 0 radical (unpaired) electrons. The number of nitrogens with zero attached hydrogens (tertiary/aromatic N) is 3. The van der Waals surface area contributed by atoms with Crippen LogP contribution >= 0.6 is 11.8 Å². The van der Waals surface area contributed by atoms with E-state index in [-0.39, 0.29) is 6.61 Å². The molecule has 0 amide bonds. The molecular weight excluding hydrogens is 234 g/mol. The first-order chi connectivity index (χ1) is 8.11. The van der Waals surface area contributed by atoms with Crippen molar-refractivity contribution in [1.29, 1.82) is 0 Å². The average molecular weight is 249 g/mol. The number of aliphatic hydroxyl groups is 1. The van der Waals surface area contributed by atoms with Crippen molar-refractivity contribution < 1.29 is 5.11 Å². The van der Waals surface area contributed by atoms with Gasteiger partial charge in [-0.25, -0.2) is 0 Å². The molecule has 2 aromatic rings. The quantitative estimate of drug-likeness (QED) is 0.904. The Labute approximate surface area is 105 Å². The SMILES string of the molecule is Cc1ccc(Sc2nnc(C)n2C)c(CO)c1. The molecule has 0 saturated heterocycles. The van der Waals surface area contributed by atoms with Crippen molar-refractivity contribution in [2.45, 2.75) is 30.5 Å². The molecule has 1 aromatic heterocycles. The third-order valence-corrected chi connectivity index (χ3v) is 3.80. The highest BCUT2D eigenvalue weighted by atomic mass is 32.2. The second-order valence-electron chi connectivity index (χ2n) is 3.96. The van der Waals surface area contributed by atoms with Crippen LogP contribution in [0.4, 0.5) is 0 Å². The maximum Gasteiger partial charge on any atom is 0.195 e. The maximum atomic E-state index is 9.34. The normalized spacial score (nSPS) is 10.8. The summed E-state index contributed by atoms with van der Waals surface area (Å²) in [4.78, 5) is 1.02. The largest absolute Gasteiger partial charge is 0.392 e. The minimum atomic E-state index is 0.0425. The van der Waals surface area contributed by atoms with Crippen LogP contribution in [0.3, 0.4) is 0 Å². The van der Waals surface area contributed by atoms with Gasteiger partial charge in [0.15, 0.2) is 5.16 Å². The number of hydrogen-bond acceptors (Lipinski definition) is 4. The zero-order valence-corrected chi connectivity index (χ0v) is 11.0. The average Bonchev–Trinajstić information content (AvgIpc) is 2.63. The van der Waals surface area contributed by atoms with Gasteiger partial charge in [-0.15, -0.1) is 10.2 Å². The Morgan fingerprint density at radius 1 is 1.29 bits per heavy atom. The molecule has 0 fully saturated rings. The minimum absolute atomic E-state index is 0.0425. The molecule has 0 spiro atoms. The molecular formula is C12H15N3OS. The molecule has 0 unspecified atom stereocenters. The lowest BCUT2D eigenvalue weighted by atomic mass is 10.1. The van der Waals surface area contributed by atoms with Crippen molar-refractivity contribution in [3.05, 3.63) is 35.2 Å². The van der Waals surface area contributed by atoms with E-state index in [2.05, 4.69) is 10.2 Å². The van der Waals surface area contributed by atoms with Crippen molar-refractivity contribution in [2.24, 2.45) is 7.05 Å². The molecule has 1 N–H and O–H groups in total. The van der Waals surface area contributed by atoms with E-state index in [1.54, 1.807) is 0 Å². The lowest BCUT2D eigenvalue weighted by Gasteiger charge is -2.07. The zero-order chi connectivity index (χ0) is 12.4. The van der Waals surface area contributed by atoms with Crippen LogP contribution in [0, 0.1) is 13.8 Å². The molecule has 0 aliphatic carbocycles. The Bertz CT molecular complexity index is 537. The fourth-order valence-electron chi connectivity index (χ4n) is 1.51. The van der Waals surface area contributed by atoms with Crippen LogP contribution in [0.1, 0.15) is 17.0 Å². The highest BCUT2D eigenvalue weighted by molar-refractivity contribution is 7.99. The second kappa shape index (κ2) is 4.89.